The summed E-state index contributed by atoms with van der Waals surface area (Å²) in [5, 5.41) is 8.71. The van der Waals surface area contributed by atoms with E-state index in [1.165, 1.54) is 0 Å². The highest BCUT2D eigenvalue weighted by Crippen LogP contribution is 2.28. The molecule has 1 amide bonds. The van der Waals surface area contributed by atoms with Crippen molar-refractivity contribution >= 4 is 45.9 Å². The van der Waals surface area contributed by atoms with Crippen LogP contribution in [-0.2, 0) is 11.0 Å². The number of carbonyl (C=O) groups is 1. The summed E-state index contributed by atoms with van der Waals surface area (Å²) in [5.41, 5.74) is 0.594. The first-order chi connectivity index (χ1) is 10.3. The number of nitrogens with two attached hydrogens (primary N) is 1. The van der Waals surface area contributed by atoms with Gasteiger partial charge in [0.15, 0.2) is 0 Å². The molecule has 0 aliphatic rings. The first-order valence-corrected chi connectivity index (χ1v) is 7.79. The van der Waals surface area contributed by atoms with E-state index in [9.17, 15) is 18.0 Å². The van der Waals surface area contributed by atoms with E-state index in [2.05, 4.69) is 38.1 Å². The van der Waals surface area contributed by atoms with Crippen molar-refractivity contribution < 1.29 is 18.0 Å². The van der Waals surface area contributed by atoms with E-state index in [0.29, 0.717) is 10.4 Å². The number of hydrogen-bond acceptors (Lipinski definition) is 5. The summed E-state index contributed by atoms with van der Waals surface area (Å²) in [6.45, 7) is 0. The van der Waals surface area contributed by atoms with Crippen molar-refractivity contribution in [3.05, 3.63) is 33.7 Å². The Morgan fingerprint density at radius 3 is 2.50 bits per heavy atom. The van der Waals surface area contributed by atoms with Gasteiger partial charge in [0.25, 0.3) is 5.82 Å². The summed E-state index contributed by atoms with van der Waals surface area (Å²) in [6.07, 6.45) is -4.69. The van der Waals surface area contributed by atoms with E-state index < -0.39 is 12.0 Å². The number of alkyl halides is 3. The van der Waals surface area contributed by atoms with E-state index in [4.69, 9.17) is 5.84 Å². The number of rotatable bonds is 4. The normalized spacial score (nSPS) is 11.5. The Morgan fingerprint density at radius 2 is 1.95 bits per heavy atom. The van der Waals surface area contributed by atoms with Gasteiger partial charge in [-0.1, -0.05) is 11.8 Å². The fraction of sp³-hybridized carbons (Fsp3) is 0.182. The van der Waals surface area contributed by atoms with Gasteiger partial charge in [-0.3, -0.25) is 4.79 Å². The number of anilines is 1. The standard InChI is InChI=1S/C11H9F3IN5OS/c12-11(13,14)9-18-19-10(20(9)16)22-5-8(21)17-7-3-1-6(15)2-4-7/h1-4H,5,16H2,(H,17,21). The minimum absolute atomic E-state index is 0.140. The SMILES string of the molecule is Nn1c(SCC(=O)Nc2ccc(I)cc2)nnc1C(F)(F)F. The van der Waals surface area contributed by atoms with Crippen molar-refractivity contribution in [2.75, 3.05) is 16.9 Å². The number of carbonyl (C=O) groups excluding carboxylic acids is 1. The van der Waals surface area contributed by atoms with Crippen LogP contribution in [0.3, 0.4) is 0 Å². The lowest BCUT2D eigenvalue weighted by Gasteiger charge is -2.06. The highest BCUT2D eigenvalue weighted by atomic mass is 127. The smallest absolute Gasteiger partial charge is 0.335 e. The molecule has 11 heteroatoms. The van der Waals surface area contributed by atoms with Gasteiger partial charge in [-0.15, -0.1) is 10.2 Å². The maximum atomic E-state index is 12.5. The van der Waals surface area contributed by atoms with Gasteiger partial charge in [-0.25, -0.2) is 4.68 Å². The minimum Gasteiger partial charge on any atom is -0.335 e. The molecule has 0 unspecified atom stereocenters. The second kappa shape index (κ2) is 6.73. The first kappa shape index (κ1) is 16.9. The van der Waals surface area contributed by atoms with Crippen molar-refractivity contribution in [2.24, 2.45) is 0 Å². The molecule has 0 saturated heterocycles. The van der Waals surface area contributed by atoms with Gasteiger partial charge in [0, 0.05) is 9.26 Å². The first-order valence-electron chi connectivity index (χ1n) is 5.73. The lowest BCUT2D eigenvalue weighted by molar-refractivity contribution is -0.146. The quantitative estimate of drug-likeness (QED) is 0.431. The van der Waals surface area contributed by atoms with Crippen molar-refractivity contribution in [1.82, 2.24) is 14.9 Å². The van der Waals surface area contributed by atoms with Gasteiger partial charge in [0.1, 0.15) is 0 Å². The molecule has 6 nitrogen and oxygen atoms in total. The average molecular weight is 443 g/mol. The molecule has 0 saturated carbocycles. The number of benzene rings is 1. The van der Waals surface area contributed by atoms with Gasteiger partial charge in [0.2, 0.25) is 11.1 Å². The van der Waals surface area contributed by atoms with Crippen molar-refractivity contribution in [3.8, 4) is 0 Å². The molecule has 0 atom stereocenters. The molecule has 118 valence electrons. The Kier molecular flexibility index (Phi) is 5.16. The van der Waals surface area contributed by atoms with Crippen LogP contribution in [0.5, 0.6) is 0 Å². The van der Waals surface area contributed by atoms with Crippen molar-refractivity contribution in [3.63, 3.8) is 0 Å². The van der Waals surface area contributed by atoms with Crippen LogP contribution in [0.2, 0.25) is 0 Å². The Balaban J connectivity index is 1.94. The zero-order valence-corrected chi connectivity index (χ0v) is 13.7. The highest BCUT2D eigenvalue weighted by Gasteiger charge is 2.38. The number of nitrogens with zero attached hydrogens (tertiary/aromatic N) is 3. The third kappa shape index (κ3) is 4.25. The molecular formula is C11H9F3IN5OS. The molecule has 0 aliphatic heterocycles. The highest BCUT2D eigenvalue weighted by molar-refractivity contribution is 14.1. The van der Waals surface area contributed by atoms with Crippen LogP contribution in [-0.4, -0.2) is 26.5 Å². The monoisotopic (exact) mass is 443 g/mol. The topological polar surface area (TPSA) is 85.8 Å². The Hall–Kier alpha value is -1.50. The Labute approximate surface area is 140 Å². The van der Waals surface area contributed by atoms with Gasteiger partial charge in [-0.05, 0) is 46.9 Å². The van der Waals surface area contributed by atoms with E-state index in [-0.39, 0.29) is 16.8 Å². The molecule has 1 aromatic heterocycles. The lowest BCUT2D eigenvalue weighted by atomic mass is 10.3. The molecule has 2 rings (SSSR count). The molecule has 2 aromatic rings. The molecule has 0 fully saturated rings. The largest absolute Gasteiger partial charge is 0.453 e. The number of nitrogens with one attached hydrogen (secondary N) is 1. The number of aromatic nitrogens is 3. The molecule has 1 aromatic carbocycles. The van der Waals surface area contributed by atoms with E-state index in [0.717, 1.165) is 15.3 Å². The fourth-order valence-electron chi connectivity index (χ4n) is 1.43. The Bertz CT molecular complexity index is 673. The summed E-state index contributed by atoms with van der Waals surface area (Å²) in [7, 11) is 0. The molecule has 1 heterocycles. The predicted octanol–water partition coefficient (Wildman–Crippen LogP) is 2.35. The lowest BCUT2D eigenvalue weighted by Crippen LogP contribution is -2.22. The van der Waals surface area contributed by atoms with E-state index in [1.807, 2.05) is 12.1 Å². The summed E-state index contributed by atoms with van der Waals surface area (Å²) in [4.78, 5) is 11.7. The maximum absolute atomic E-state index is 12.5. The summed E-state index contributed by atoms with van der Waals surface area (Å²) in [6, 6.07) is 7.07. The van der Waals surface area contributed by atoms with Crippen LogP contribution in [0.15, 0.2) is 29.4 Å². The number of thioether (sulfide) groups is 1. The summed E-state index contributed by atoms with van der Waals surface area (Å²) < 4.78 is 38.8. The van der Waals surface area contributed by atoms with Crippen LogP contribution in [0.4, 0.5) is 18.9 Å². The Morgan fingerprint density at radius 1 is 1.32 bits per heavy atom. The number of amides is 1. The zero-order chi connectivity index (χ0) is 16.3. The molecule has 22 heavy (non-hydrogen) atoms. The molecule has 3 N–H and O–H groups in total. The predicted molar refractivity (Wildman–Crippen MR) is 83.7 cm³/mol. The average Bonchev–Trinajstić information content (AvgIpc) is 2.80. The molecular weight excluding hydrogens is 434 g/mol. The third-order valence-electron chi connectivity index (χ3n) is 2.38. The third-order valence-corrected chi connectivity index (χ3v) is 4.04. The second-order valence-corrected chi connectivity index (χ2v) is 6.21. The molecule has 0 bridgehead atoms. The zero-order valence-electron chi connectivity index (χ0n) is 10.8. The van der Waals surface area contributed by atoms with Gasteiger partial charge in [0.05, 0.1) is 5.75 Å². The second-order valence-electron chi connectivity index (χ2n) is 4.02. The van der Waals surface area contributed by atoms with E-state index >= 15 is 0 Å². The van der Waals surface area contributed by atoms with Crippen molar-refractivity contribution in [2.45, 2.75) is 11.3 Å². The van der Waals surface area contributed by atoms with E-state index in [1.54, 1.807) is 12.1 Å². The maximum Gasteiger partial charge on any atom is 0.453 e. The van der Waals surface area contributed by atoms with Gasteiger partial charge in [-0.2, -0.15) is 13.2 Å². The van der Waals surface area contributed by atoms with Crippen LogP contribution < -0.4 is 11.2 Å². The summed E-state index contributed by atoms with van der Waals surface area (Å²) in [5.74, 6) is 3.43. The van der Waals surface area contributed by atoms with Crippen LogP contribution in [0, 0.1) is 3.57 Å². The number of nitrogen functional groups attached to an aromatic ring is 1. The minimum atomic E-state index is -4.69. The number of hydrogen-bond donors (Lipinski definition) is 2. The van der Waals surface area contributed by atoms with Gasteiger partial charge < -0.3 is 11.2 Å². The molecule has 0 spiro atoms. The number of halogens is 4. The molecule has 0 aliphatic carbocycles. The van der Waals surface area contributed by atoms with Crippen LogP contribution >= 0.6 is 34.4 Å². The van der Waals surface area contributed by atoms with Crippen LogP contribution in [0.1, 0.15) is 5.82 Å². The molecule has 0 radical (unpaired) electrons. The van der Waals surface area contributed by atoms with Gasteiger partial charge >= 0.3 is 6.18 Å². The van der Waals surface area contributed by atoms with Crippen molar-refractivity contribution in [1.29, 1.82) is 0 Å². The summed E-state index contributed by atoms with van der Waals surface area (Å²) >= 11 is 2.89. The van der Waals surface area contributed by atoms with Crippen LogP contribution in [0.25, 0.3) is 0 Å². The fourth-order valence-corrected chi connectivity index (χ4v) is 2.45.